The van der Waals surface area contributed by atoms with Crippen molar-refractivity contribution in [1.29, 1.82) is 0 Å². The standard InChI is InChI=1S/C18H28F8N4O6S/c1-2-3-12(37)28-5-9-34-11-7-30-14(32)16(21,22)36-18(25,26)17(23,24)35-15(19,20)13(31)29-6-10-33-8-4-27/h2-11,27H2,1H3,(H,28,37)(H,29,31)(H,30,32). The quantitative estimate of drug-likeness (QED) is 0.0957. The Kier molecular flexibility index (Phi) is 15.3. The molecule has 0 bridgehead atoms. The van der Waals surface area contributed by atoms with Gasteiger partial charge in [-0.3, -0.25) is 9.59 Å². The molecule has 0 aliphatic carbocycles. The van der Waals surface area contributed by atoms with Gasteiger partial charge in [0.15, 0.2) is 0 Å². The Morgan fingerprint density at radius 1 is 0.730 bits per heavy atom. The number of carbonyl (C=O) groups excluding carboxylic acids is 2. The van der Waals surface area contributed by atoms with E-state index in [9.17, 15) is 44.7 Å². The third-order valence-electron chi connectivity index (χ3n) is 3.75. The van der Waals surface area contributed by atoms with Gasteiger partial charge in [0.05, 0.1) is 31.4 Å². The molecule has 0 atom stereocenters. The molecular weight excluding hydrogens is 552 g/mol. The number of rotatable bonds is 20. The Bertz CT molecular complexity index is 736. The molecule has 10 nitrogen and oxygen atoms in total. The summed E-state index contributed by atoms with van der Waals surface area (Å²) >= 11 is 4.96. The van der Waals surface area contributed by atoms with Gasteiger partial charge in [-0.05, 0) is 12.8 Å². The lowest BCUT2D eigenvalue weighted by atomic mass is 10.3. The van der Waals surface area contributed by atoms with Crippen LogP contribution < -0.4 is 21.7 Å². The molecule has 2 amide bonds. The molecule has 37 heavy (non-hydrogen) atoms. The molecule has 0 saturated carbocycles. The van der Waals surface area contributed by atoms with E-state index in [4.69, 9.17) is 27.4 Å². The largest absolute Gasteiger partial charge is 0.453 e. The summed E-state index contributed by atoms with van der Waals surface area (Å²) < 4.78 is 123. The van der Waals surface area contributed by atoms with Gasteiger partial charge in [-0.15, -0.1) is 0 Å². The van der Waals surface area contributed by atoms with E-state index < -0.39 is 62.6 Å². The van der Waals surface area contributed by atoms with Crippen molar-refractivity contribution >= 4 is 29.0 Å². The molecule has 0 aliphatic heterocycles. The normalized spacial score (nSPS) is 12.8. The van der Waals surface area contributed by atoms with E-state index in [-0.39, 0.29) is 26.3 Å². The van der Waals surface area contributed by atoms with Gasteiger partial charge in [-0.25, -0.2) is 9.47 Å². The molecule has 0 spiro atoms. The molecule has 0 aromatic heterocycles. The van der Waals surface area contributed by atoms with E-state index in [2.05, 4.69) is 14.8 Å². The monoisotopic (exact) mass is 580 g/mol. The van der Waals surface area contributed by atoms with Crippen molar-refractivity contribution in [3.63, 3.8) is 0 Å². The number of hydrogen-bond acceptors (Lipinski definition) is 8. The van der Waals surface area contributed by atoms with E-state index in [1.54, 1.807) is 0 Å². The van der Waals surface area contributed by atoms with Crippen LogP contribution in [0.5, 0.6) is 0 Å². The number of thiocarbonyl (C=S) groups is 1. The number of ether oxygens (including phenoxy) is 4. The Hall–Kier alpha value is -1.93. The van der Waals surface area contributed by atoms with Gasteiger partial charge < -0.3 is 31.2 Å². The summed E-state index contributed by atoms with van der Waals surface area (Å²) in [6.45, 7) is 0.0270. The van der Waals surface area contributed by atoms with Crippen LogP contribution in [-0.2, 0) is 28.5 Å². The van der Waals surface area contributed by atoms with Gasteiger partial charge >= 0.3 is 36.2 Å². The molecule has 0 radical (unpaired) electrons. The first kappa shape index (κ1) is 35.1. The van der Waals surface area contributed by atoms with E-state index in [1.807, 2.05) is 6.92 Å². The maximum atomic E-state index is 13.6. The molecule has 19 heteroatoms. The number of hydrogen-bond donors (Lipinski definition) is 4. The van der Waals surface area contributed by atoms with Gasteiger partial charge in [0.2, 0.25) is 0 Å². The van der Waals surface area contributed by atoms with Crippen LogP contribution in [0.3, 0.4) is 0 Å². The van der Waals surface area contributed by atoms with Crippen molar-refractivity contribution in [2.75, 3.05) is 52.6 Å². The summed E-state index contributed by atoms with van der Waals surface area (Å²) in [7, 11) is 0. The lowest BCUT2D eigenvalue weighted by molar-refractivity contribution is -0.499. The van der Waals surface area contributed by atoms with Crippen LogP contribution in [0.2, 0.25) is 0 Å². The summed E-state index contributed by atoms with van der Waals surface area (Å²) in [5.74, 6) is -5.21. The van der Waals surface area contributed by atoms with Crippen LogP contribution in [0, 0.1) is 0 Å². The summed E-state index contributed by atoms with van der Waals surface area (Å²) in [5.41, 5.74) is 5.07. The fraction of sp³-hybridized carbons (Fsp3) is 0.833. The zero-order chi connectivity index (χ0) is 28.8. The second-order valence-corrected chi connectivity index (χ2v) is 7.39. The highest BCUT2D eigenvalue weighted by Gasteiger charge is 2.69. The smallest absolute Gasteiger partial charge is 0.378 e. The van der Waals surface area contributed by atoms with E-state index in [0.717, 1.165) is 6.42 Å². The average Bonchev–Trinajstić information content (AvgIpc) is 2.76. The van der Waals surface area contributed by atoms with Gasteiger partial charge in [-0.2, -0.15) is 35.1 Å². The predicted molar refractivity (Wildman–Crippen MR) is 114 cm³/mol. The number of nitrogens with one attached hydrogen (secondary N) is 3. The minimum atomic E-state index is -6.49. The minimum Gasteiger partial charge on any atom is -0.378 e. The molecule has 218 valence electrons. The Balaban J connectivity index is 4.73. The number of amides is 2. The Morgan fingerprint density at radius 2 is 1.11 bits per heavy atom. The van der Waals surface area contributed by atoms with Crippen LogP contribution in [0.4, 0.5) is 35.1 Å². The highest BCUT2D eigenvalue weighted by molar-refractivity contribution is 7.80. The van der Waals surface area contributed by atoms with Crippen LogP contribution >= 0.6 is 12.2 Å². The lowest BCUT2D eigenvalue weighted by Gasteiger charge is -2.30. The van der Waals surface area contributed by atoms with Crippen molar-refractivity contribution < 1.29 is 63.7 Å². The molecule has 0 unspecified atom stereocenters. The SMILES string of the molecule is CCCC(=S)NCCOCCNC(=O)C(F)(F)OC(F)(F)C(F)(F)OC(F)(F)C(=O)NCCOCCN. The van der Waals surface area contributed by atoms with Crippen LogP contribution in [0.25, 0.3) is 0 Å². The summed E-state index contributed by atoms with van der Waals surface area (Å²) in [5, 5.41) is 5.54. The summed E-state index contributed by atoms with van der Waals surface area (Å²) in [6.07, 6.45) is -22.8. The third-order valence-corrected chi connectivity index (χ3v) is 4.10. The molecule has 0 aromatic carbocycles. The van der Waals surface area contributed by atoms with Crippen molar-refractivity contribution in [1.82, 2.24) is 16.0 Å². The van der Waals surface area contributed by atoms with Crippen molar-refractivity contribution in [3.05, 3.63) is 0 Å². The van der Waals surface area contributed by atoms with E-state index in [0.29, 0.717) is 11.4 Å². The highest BCUT2D eigenvalue weighted by atomic mass is 32.1. The summed E-state index contributed by atoms with van der Waals surface area (Å²) in [6, 6.07) is 0. The van der Waals surface area contributed by atoms with Crippen molar-refractivity contribution in [2.45, 2.75) is 44.2 Å². The molecule has 0 fully saturated rings. The first-order valence-corrected chi connectivity index (χ1v) is 11.0. The first-order chi connectivity index (χ1) is 17.0. The third kappa shape index (κ3) is 13.4. The van der Waals surface area contributed by atoms with E-state index in [1.165, 1.54) is 10.6 Å². The van der Waals surface area contributed by atoms with Crippen molar-refractivity contribution in [2.24, 2.45) is 5.73 Å². The van der Waals surface area contributed by atoms with Crippen LogP contribution in [-0.4, -0.2) is 93.8 Å². The first-order valence-electron chi connectivity index (χ1n) is 10.6. The molecule has 0 heterocycles. The number of carbonyl (C=O) groups is 2. The van der Waals surface area contributed by atoms with Crippen LogP contribution in [0.1, 0.15) is 19.8 Å². The second kappa shape index (κ2) is 16.1. The van der Waals surface area contributed by atoms with Gasteiger partial charge in [0.25, 0.3) is 0 Å². The average molecular weight is 580 g/mol. The molecule has 0 aliphatic rings. The van der Waals surface area contributed by atoms with Gasteiger partial charge in [0, 0.05) is 26.2 Å². The maximum Gasteiger partial charge on any atom is 0.453 e. The Morgan fingerprint density at radius 3 is 1.49 bits per heavy atom. The number of halogens is 8. The molecule has 0 aromatic rings. The summed E-state index contributed by atoms with van der Waals surface area (Å²) in [4.78, 5) is 23.2. The Labute approximate surface area is 211 Å². The van der Waals surface area contributed by atoms with Crippen molar-refractivity contribution in [3.8, 4) is 0 Å². The topological polar surface area (TPSA) is 133 Å². The zero-order valence-electron chi connectivity index (χ0n) is 19.5. The lowest BCUT2D eigenvalue weighted by Crippen LogP contribution is -2.57. The molecule has 0 rings (SSSR count). The number of alkyl halides is 8. The van der Waals surface area contributed by atoms with Crippen LogP contribution in [0.15, 0.2) is 0 Å². The van der Waals surface area contributed by atoms with E-state index >= 15 is 0 Å². The highest BCUT2D eigenvalue weighted by Crippen LogP contribution is 2.43. The second-order valence-electron chi connectivity index (χ2n) is 6.90. The fourth-order valence-electron chi connectivity index (χ4n) is 2.08. The molecular formula is C18H28F8N4O6S. The maximum absolute atomic E-state index is 13.6. The molecule has 0 saturated heterocycles. The van der Waals surface area contributed by atoms with Gasteiger partial charge in [-0.1, -0.05) is 19.1 Å². The fourth-order valence-corrected chi connectivity index (χ4v) is 2.38. The molecule has 5 N–H and O–H groups in total. The minimum absolute atomic E-state index is 0.0246. The number of nitrogens with two attached hydrogens (primary N) is 1. The van der Waals surface area contributed by atoms with Gasteiger partial charge in [0.1, 0.15) is 0 Å². The zero-order valence-corrected chi connectivity index (χ0v) is 20.3. The predicted octanol–water partition coefficient (Wildman–Crippen LogP) is 1.33.